The Morgan fingerprint density at radius 2 is 2.00 bits per heavy atom. The summed E-state index contributed by atoms with van der Waals surface area (Å²) in [4.78, 5) is -0.140. The van der Waals surface area contributed by atoms with Crippen LogP contribution in [-0.2, 0) is 9.05 Å². The maximum Gasteiger partial charge on any atom is 0.262 e. The minimum atomic E-state index is -3.97. The van der Waals surface area contributed by atoms with Gasteiger partial charge in [0, 0.05) is 20.6 Å². The molecule has 7 heteroatoms. The maximum atomic E-state index is 11.0. The zero-order valence-corrected chi connectivity index (χ0v) is 9.75. The van der Waals surface area contributed by atoms with E-state index in [0.29, 0.717) is 0 Å². The number of rotatable bonds is 1. The molecule has 0 unspecified atom stereocenters. The normalized spacial score (nSPS) is 11.0. The zero-order valence-electron chi connectivity index (χ0n) is 6.53. The lowest BCUT2D eigenvalue weighted by molar-refractivity contribution is 0.609. The van der Waals surface area contributed by atoms with Crippen LogP contribution in [0.25, 0.3) is 0 Å². The van der Waals surface area contributed by atoms with Crippen LogP contribution in [0.2, 0.25) is 5.02 Å². The molecule has 0 aliphatic carbocycles. The van der Waals surface area contributed by atoms with Gasteiger partial charge in [0.25, 0.3) is 9.05 Å². The number of halogens is 2. The first kappa shape index (κ1) is 11.7. The van der Waals surface area contributed by atoms with Gasteiger partial charge in [-0.25, -0.2) is 8.42 Å². The Morgan fingerprint density at radius 3 is 2.43 bits per heavy atom. The van der Waals surface area contributed by atoms with Gasteiger partial charge < -0.3 is 0 Å². The van der Waals surface area contributed by atoms with Crippen molar-refractivity contribution in [2.45, 2.75) is 9.79 Å². The van der Waals surface area contributed by atoms with Crippen molar-refractivity contribution in [1.29, 1.82) is 5.26 Å². The van der Waals surface area contributed by atoms with Crippen LogP contribution in [-0.4, -0.2) is 8.42 Å². The average molecular weight is 268 g/mol. The highest BCUT2D eigenvalue weighted by Crippen LogP contribution is 2.28. The van der Waals surface area contributed by atoms with E-state index in [1.54, 1.807) is 6.07 Å². The third-order valence-corrected chi connectivity index (χ3v) is 3.34. The van der Waals surface area contributed by atoms with E-state index in [2.05, 4.69) is 12.6 Å². The highest BCUT2D eigenvalue weighted by atomic mass is 35.7. The van der Waals surface area contributed by atoms with Crippen molar-refractivity contribution in [2.24, 2.45) is 0 Å². The molecule has 0 atom stereocenters. The topological polar surface area (TPSA) is 57.9 Å². The van der Waals surface area contributed by atoms with E-state index in [1.807, 2.05) is 0 Å². The molecular weight excluding hydrogens is 265 g/mol. The summed E-state index contributed by atoms with van der Waals surface area (Å²) in [5, 5.41) is 8.85. The molecule has 14 heavy (non-hydrogen) atoms. The molecule has 0 fully saturated rings. The number of hydrogen-bond acceptors (Lipinski definition) is 4. The predicted molar refractivity (Wildman–Crippen MR) is 56.5 cm³/mol. The zero-order chi connectivity index (χ0) is 10.9. The number of nitriles is 1. The monoisotopic (exact) mass is 267 g/mol. The quantitative estimate of drug-likeness (QED) is 0.628. The van der Waals surface area contributed by atoms with Crippen LogP contribution >= 0.6 is 34.9 Å². The molecule has 1 aromatic carbocycles. The van der Waals surface area contributed by atoms with Gasteiger partial charge in [-0.3, -0.25) is 0 Å². The van der Waals surface area contributed by atoms with E-state index in [1.165, 1.54) is 6.07 Å². The second-order valence-electron chi connectivity index (χ2n) is 2.35. The molecule has 3 nitrogen and oxygen atoms in total. The fraction of sp³-hybridized carbons (Fsp3) is 0. The number of benzene rings is 1. The fourth-order valence-electron chi connectivity index (χ4n) is 0.873. The summed E-state index contributed by atoms with van der Waals surface area (Å²) in [6, 6.07) is 4.18. The second-order valence-corrected chi connectivity index (χ2v) is 5.80. The Morgan fingerprint density at radius 1 is 1.43 bits per heavy atom. The second kappa shape index (κ2) is 3.99. The molecule has 74 valence electrons. The molecule has 0 spiro atoms. The summed E-state index contributed by atoms with van der Waals surface area (Å²) >= 11 is 9.52. The molecule has 0 heterocycles. The van der Waals surface area contributed by atoms with E-state index in [-0.39, 0.29) is 20.4 Å². The van der Waals surface area contributed by atoms with Gasteiger partial charge in [-0.15, -0.1) is 12.6 Å². The first-order valence-corrected chi connectivity index (χ1v) is 6.37. The van der Waals surface area contributed by atoms with Crippen LogP contribution < -0.4 is 0 Å². The number of thiol groups is 1. The Bertz CT molecular complexity index is 519. The van der Waals surface area contributed by atoms with Crippen molar-refractivity contribution in [3.05, 3.63) is 22.7 Å². The summed E-state index contributed by atoms with van der Waals surface area (Å²) in [5.41, 5.74) is -0.104. The molecular formula is C7H3Cl2NO2S2. The van der Waals surface area contributed by atoms with Gasteiger partial charge in [-0.1, -0.05) is 11.6 Å². The fourth-order valence-corrected chi connectivity index (χ4v) is 2.65. The van der Waals surface area contributed by atoms with Crippen molar-refractivity contribution >= 4 is 44.0 Å². The predicted octanol–water partition coefficient (Wildman–Crippen LogP) is 2.43. The van der Waals surface area contributed by atoms with Crippen molar-refractivity contribution in [2.75, 3.05) is 0 Å². The Labute approximate surface area is 96.1 Å². The van der Waals surface area contributed by atoms with Gasteiger partial charge in [0.15, 0.2) is 0 Å². The van der Waals surface area contributed by atoms with E-state index in [0.717, 1.165) is 6.07 Å². The summed E-state index contributed by atoms with van der Waals surface area (Å²) in [7, 11) is 1.14. The Hall–Kier alpha value is -0.410. The van der Waals surface area contributed by atoms with Crippen LogP contribution in [0.5, 0.6) is 0 Å². The van der Waals surface area contributed by atoms with Gasteiger partial charge in [0.1, 0.15) is 11.0 Å². The standard InChI is InChI=1S/C7H3Cl2NO2S2/c8-4-1-6(13)5(3-10)7(2-4)14(9,11)12/h1-2,13H. The number of hydrogen-bond donors (Lipinski definition) is 1. The number of nitrogens with zero attached hydrogens (tertiary/aromatic N) is 1. The summed E-state index contributed by atoms with van der Waals surface area (Å²) in [6.45, 7) is 0. The van der Waals surface area contributed by atoms with E-state index < -0.39 is 9.05 Å². The van der Waals surface area contributed by atoms with Crippen LogP contribution in [0.1, 0.15) is 5.56 Å². The van der Waals surface area contributed by atoms with Crippen molar-refractivity contribution < 1.29 is 8.42 Å². The molecule has 0 bridgehead atoms. The maximum absolute atomic E-state index is 11.0. The molecule has 0 aliphatic heterocycles. The van der Waals surface area contributed by atoms with Gasteiger partial charge in [-0.2, -0.15) is 5.26 Å². The largest absolute Gasteiger partial charge is 0.262 e. The molecule has 0 aliphatic rings. The third-order valence-electron chi connectivity index (χ3n) is 1.42. The highest BCUT2D eigenvalue weighted by Gasteiger charge is 2.18. The Kier molecular flexibility index (Phi) is 3.32. The first-order valence-electron chi connectivity index (χ1n) is 3.23. The highest BCUT2D eigenvalue weighted by molar-refractivity contribution is 8.13. The van der Waals surface area contributed by atoms with Gasteiger partial charge in [0.05, 0.1) is 5.56 Å². The van der Waals surface area contributed by atoms with Gasteiger partial charge in [0.2, 0.25) is 0 Å². The van der Waals surface area contributed by atoms with E-state index >= 15 is 0 Å². The van der Waals surface area contributed by atoms with Crippen molar-refractivity contribution in [1.82, 2.24) is 0 Å². The van der Waals surface area contributed by atoms with E-state index in [4.69, 9.17) is 27.5 Å². The smallest absolute Gasteiger partial charge is 0.207 e. The molecule has 0 saturated heterocycles. The molecule has 0 N–H and O–H groups in total. The molecule has 1 aromatic rings. The third kappa shape index (κ3) is 2.34. The molecule has 1 rings (SSSR count). The van der Waals surface area contributed by atoms with E-state index in [9.17, 15) is 8.42 Å². The molecule has 0 aromatic heterocycles. The van der Waals surface area contributed by atoms with Crippen LogP contribution in [0.15, 0.2) is 21.9 Å². The van der Waals surface area contributed by atoms with Crippen LogP contribution in [0.4, 0.5) is 0 Å². The lowest BCUT2D eigenvalue weighted by Crippen LogP contribution is -1.96. The Balaban J connectivity index is 3.68. The van der Waals surface area contributed by atoms with Crippen LogP contribution in [0, 0.1) is 11.3 Å². The van der Waals surface area contributed by atoms with Gasteiger partial charge >= 0.3 is 0 Å². The van der Waals surface area contributed by atoms with Crippen molar-refractivity contribution in [3.8, 4) is 6.07 Å². The molecule has 0 amide bonds. The lowest BCUT2D eigenvalue weighted by Gasteiger charge is -2.03. The van der Waals surface area contributed by atoms with Crippen LogP contribution in [0.3, 0.4) is 0 Å². The molecule has 0 saturated carbocycles. The summed E-state index contributed by atoms with van der Waals surface area (Å²) < 4.78 is 22.1. The summed E-state index contributed by atoms with van der Waals surface area (Å²) in [5.74, 6) is 0. The SMILES string of the molecule is N#Cc1c(S)cc(Cl)cc1S(=O)(=O)Cl. The minimum Gasteiger partial charge on any atom is -0.207 e. The lowest BCUT2D eigenvalue weighted by atomic mass is 10.2. The van der Waals surface area contributed by atoms with Gasteiger partial charge in [-0.05, 0) is 12.1 Å². The molecule has 0 radical (unpaired) electrons. The summed E-state index contributed by atoms with van der Waals surface area (Å²) in [6.07, 6.45) is 0. The first-order chi connectivity index (χ1) is 6.36. The van der Waals surface area contributed by atoms with Crippen molar-refractivity contribution in [3.63, 3.8) is 0 Å². The average Bonchev–Trinajstić information content (AvgIpc) is 2.01. The minimum absolute atomic E-state index is 0.104.